The molecule has 0 aliphatic carbocycles. The molecule has 2 heteroatoms. The first-order valence-electron chi connectivity index (χ1n) is 4.91. The van der Waals surface area contributed by atoms with Crippen LogP contribution in [0.5, 0.6) is 0 Å². The van der Waals surface area contributed by atoms with Crippen molar-refractivity contribution in [1.29, 1.82) is 0 Å². The van der Waals surface area contributed by atoms with E-state index in [1.54, 1.807) is 0 Å². The monoisotopic (exact) mass is 222 g/mol. The van der Waals surface area contributed by atoms with Crippen LogP contribution in [0.15, 0.2) is 0 Å². The Morgan fingerprint density at radius 1 is 0.933 bits per heavy atom. The van der Waals surface area contributed by atoms with Crippen molar-refractivity contribution in [2.45, 2.75) is 35.1 Å². The summed E-state index contributed by atoms with van der Waals surface area (Å²) >= 11 is 0. The highest BCUT2D eigenvalue weighted by Crippen LogP contribution is 1.83. The van der Waals surface area contributed by atoms with Crippen LogP contribution in [-0.4, -0.2) is 58.2 Å². The highest BCUT2D eigenvalue weighted by atomic mass is 15.3. The van der Waals surface area contributed by atoms with Gasteiger partial charge in [-0.05, 0) is 35.0 Å². The summed E-state index contributed by atoms with van der Waals surface area (Å²) in [5.41, 5.74) is 0. The fourth-order valence-corrected chi connectivity index (χ4v) is 0. The van der Waals surface area contributed by atoms with Gasteiger partial charge in [0.1, 0.15) is 0 Å². The van der Waals surface area contributed by atoms with Crippen molar-refractivity contribution in [3.63, 3.8) is 0 Å². The van der Waals surface area contributed by atoms with E-state index in [1.807, 2.05) is 33.0 Å². The molecule has 2 nitrogen and oxygen atoms in total. The number of rotatable bonds is 1. The number of nitrogens with zero attached hydrogens (tertiary/aromatic N) is 2. The molecule has 0 heterocycles. The van der Waals surface area contributed by atoms with Crippen LogP contribution in [0.3, 0.4) is 0 Å². The number of hydrogen-bond acceptors (Lipinski definition) is 1. The van der Waals surface area contributed by atoms with E-state index in [0.29, 0.717) is 0 Å². The molecule has 0 aromatic carbocycles. The minimum absolute atomic E-state index is 0. The highest BCUT2D eigenvalue weighted by Gasteiger charge is 1.97. The van der Waals surface area contributed by atoms with E-state index in [-0.39, 0.29) is 14.9 Å². The Labute approximate surface area is 101 Å². The largest absolute Gasteiger partial charge is 0.331 e. The Morgan fingerprint density at radius 3 is 1.00 bits per heavy atom. The van der Waals surface area contributed by atoms with E-state index in [0.717, 1.165) is 10.9 Å². The first kappa shape index (κ1) is 29.3. The first-order chi connectivity index (χ1) is 5.71. The summed E-state index contributed by atoms with van der Waals surface area (Å²) in [6.07, 6.45) is 1.00. The van der Waals surface area contributed by atoms with Crippen LogP contribution >= 0.6 is 0 Å². The van der Waals surface area contributed by atoms with E-state index in [4.69, 9.17) is 0 Å². The average Bonchev–Trinajstić information content (AvgIpc) is 1.86. The summed E-state index contributed by atoms with van der Waals surface area (Å²) in [6, 6.07) is 0. The van der Waals surface area contributed by atoms with Gasteiger partial charge in [-0.1, -0.05) is 14.9 Å². The van der Waals surface area contributed by atoms with Crippen molar-refractivity contribution in [1.82, 2.24) is 4.90 Å². The van der Waals surface area contributed by atoms with Gasteiger partial charge in [0.05, 0.1) is 41.0 Å². The van der Waals surface area contributed by atoms with Crippen molar-refractivity contribution < 1.29 is 4.48 Å². The molecule has 0 spiro atoms. The SMILES string of the molecule is C.C.CC[N+](C)(C)C.CN(C)C.[CH2+]CC. The third kappa shape index (κ3) is 246. The fourth-order valence-electron chi connectivity index (χ4n) is 0. The average molecular weight is 222 g/mol. The van der Waals surface area contributed by atoms with Gasteiger partial charge in [0.25, 0.3) is 0 Å². The molecule has 0 atom stereocenters. The molecule has 0 aliphatic rings. The first-order valence-corrected chi connectivity index (χ1v) is 4.91. The molecule has 0 N–H and O–H groups in total. The summed E-state index contributed by atoms with van der Waals surface area (Å²) in [7, 11) is 12.5. The molecule has 0 radical (unpaired) electrons. The molecule has 0 fully saturated rings. The predicted octanol–water partition coefficient (Wildman–Crippen LogP) is 3.39. The van der Waals surface area contributed by atoms with Gasteiger partial charge in [0.2, 0.25) is 0 Å². The highest BCUT2D eigenvalue weighted by molar-refractivity contribution is 4.18. The van der Waals surface area contributed by atoms with Crippen LogP contribution in [0.4, 0.5) is 0 Å². The lowest BCUT2D eigenvalue weighted by atomic mass is 10.6. The second-order valence-corrected chi connectivity index (χ2v) is 4.45. The normalized spacial score (nSPS) is 8.33. The van der Waals surface area contributed by atoms with Crippen molar-refractivity contribution in [2.75, 3.05) is 48.8 Å². The van der Waals surface area contributed by atoms with Crippen LogP contribution in [-0.2, 0) is 0 Å². The van der Waals surface area contributed by atoms with Crippen molar-refractivity contribution in [3.8, 4) is 0 Å². The van der Waals surface area contributed by atoms with Gasteiger partial charge in [-0.15, -0.1) is 0 Å². The van der Waals surface area contributed by atoms with Gasteiger partial charge in [0.15, 0.2) is 0 Å². The van der Waals surface area contributed by atoms with Crippen LogP contribution in [0.2, 0.25) is 0 Å². The topological polar surface area (TPSA) is 3.24 Å². The molecule has 0 aliphatic heterocycles. The van der Waals surface area contributed by atoms with E-state index in [2.05, 4.69) is 35.0 Å². The minimum Gasteiger partial charge on any atom is -0.331 e. The lowest BCUT2D eigenvalue weighted by molar-refractivity contribution is -0.868. The molecule has 0 rings (SSSR count). The lowest BCUT2D eigenvalue weighted by Gasteiger charge is -2.20. The van der Waals surface area contributed by atoms with Crippen molar-refractivity contribution >= 4 is 0 Å². The summed E-state index contributed by atoms with van der Waals surface area (Å²) in [6.45, 7) is 8.89. The standard InChI is InChI=1S/C5H14N.C3H9N.C3H7.2CH4/c1-5-6(2,3)4;1-4(2)3;1-3-2;;/h5H2,1-4H3;1-3H3;1,3H2,2H3;2*1H4/q+1;;+1;;. The molecule has 0 aromatic rings. The Balaban J connectivity index is -0.0000000332. The zero-order valence-corrected chi connectivity index (χ0v) is 11.0. The van der Waals surface area contributed by atoms with Crippen LogP contribution < -0.4 is 0 Å². The molecule has 0 saturated carbocycles. The molecule has 0 bridgehead atoms. The van der Waals surface area contributed by atoms with Crippen LogP contribution in [0.25, 0.3) is 0 Å². The third-order valence-electron chi connectivity index (χ3n) is 0.949. The van der Waals surface area contributed by atoms with Gasteiger partial charge in [-0.3, -0.25) is 0 Å². The Morgan fingerprint density at radius 2 is 1.00 bits per heavy atom. The van der Waals surface area contributed by atoms with Crippen LogP contribution in [0.1, 0.15) is 35.1 Å². The lowest BCUT2D eigenvalue weighted by Crippen LogP contribution is -2.33. The molecule has 15 heavy (non-hydrogen) atoms. The Kier molecular flexibility index (Phi) is 37.9. The van der Waals surface area contributed by atoms with Gasteiger partial charge >= 0.3 is 0 Å². The van der Waals surface area contributed by atoms with Crippen molar-refractivity contribution in [2.24, 2.45) is 0 Å². The predicted molar refractivity (Wildman–Crippen MR) is 77.3 cm³/mol. The Hall–Kier alpha value is -0.210. The van der Waals surface area contributed by atoms with E-state index in [9.17, 15) is 0 Å². The zero-order chi connectivity index (χ0) is 11.5. The third-order valence-corrected chi connectivity index (χ3v) is 0.949. The van der Waals surface area contributed by atoms with Gasteiger partial charge in [-0.25, -0.2) is 0 Å². The maximum Gasteiger partial charge on any atom is 0.0822 e. The van der Waals surface area contributed by atoms with Crippen LogP contribution in [0, 0.1) is 6.92 Å². The summed E-state index contributed by atoms with van der Waals surface area (Å²) < 4.78 is 1.07. The molecule has 0 saturated heterocycles. The van der Waals surface area contributed by atoms with Gasteiger partial charge in [0, 0.05) is 0 Å². The summed E-state index contributed by atoms with van der Waals surface area (Å²) in [5.74, 6) is 0. The molecular weight excluding hydrogens is 184 g/mol. The maximum atomic E-state index is 3.49. The number of hydrogen-bond donors (Lipinski definition) is 0. The smallest absolute Gasteiger partial charge is 0.0822 e. The zero-order valence-electron chi connectivity index (χ0n) is 11.0. The molecular formula is C13H38N2+2. The quantitative estimate of drug-likeness (QED) is 0.485. The van der Waals surface area contributed by atoms with Gasteiger partial charge in [-0.2, -0.15) is 0 Å². The Bertz CT molecular complexity index is 70.3. The molecule has 0 unspecified atom stereocenters. The molecule has 0 amide bonds. The van der Waals surface area contributed by atoms with E-state index >= 15 is 0 Å². The molecule has 98 valence electrons. The summed E-state index contributed by atoms with van der Waals surface area (Å²) in [4.78, 5) is 2.00. The number of quaternary nitrogens is 1. The van der Waals surface area contributed by atoms with Gasteiger partial charge < -0.3 is 9.38 Å². The molecule has 0 aromatic heterocycles. The van der Waals surface area contributed by atoms with E-state index < -0.39 is 0 Å². The maximum absolute atomic E-state index is 3.49. The minimum atomic E-state index is 0. The fraction of sp³-hybridized carbons (Fsp3) is 0.923. The van der Waals surface area contributed by atoms with Crippen molar-refractivity contribution in [3.05, 3.63) is 6.92 Å². The second-order valence-electron chi connectivity index (χ2n) is 4.45. The summed E-state index contributed by atoms with van der Waals surface area (Å²) in [5, 5.41) is 0. The second kappa shape index (κ2) is 19.4. The van der Waals surface area contributed by atoms with E-state index in [1.165, 1.54) is 6.54 Å².